The molecule has 1 aliphatic rings. The van der Waals surface area contributed by atoms with Crippen LogP contribution in [0.3, 0.4) is 0 Å². The van der Waals surface area contributed by atoms with Crippen molar-refractivity contribution >= 4 is 5.78 Å². The molecule has 0 aliphatic heterocycles. The largest absolute Gasteiger partial charge is 0.330 e. The van der Waals surface area contributed by atoms with Gasteiger partial charge in [-0.25, -0.2) is 9.97 Å². The van der Waals surface area contributed by atoms with Crippen molar-refractivity contribution in [1.29, 1.82) is 0 Å². The topological polar surface area (TPSA) is 68.9 Å². The summed E-state index contributed by atoms with van der Waals surface area (Å²) in [6.45, 7) is 2.37. The van der Waals surface area contributed by atoms with Crippen LogP contribution < -0.4 is 5.73 Å². The van der Waals surface area contributed by atoms with E-state index < -0.39 is 0 Å². The number of nitrogens with zero attached hydrogens (tertiary/aromatic N) is 2. The smallest absolute Gasteiger partial charge is 0.166 e. The maximum absolute atomic E-state index is 11.6. The Morgan fingerprint density at radius 1 is 1.36 bits per heavy atom. The number of aromatic nitrogens is 2. The number of Topliss-reactive ketones (excluding diaryl/α,β-unsaturated/α-hetero) is 1. The Morgan fingerprint density at radius 3 is 2.86 bits per heavy atom. The lowest BCUT2D eigenvalue weighted by atomic mass is 10.1. The molecule has 1 aromatic heterocycles. The van der Waals surface area contributed by atoms with E-state index in [1.165, 1.54) is 0 Å². The zero-order chi connectivity index (χ0) is 10.1. The van der Waals surface area contributed by atoms with Gasteiger partial charge >= 0.3 is 0 Å². The Morgan fingerprint density at radius 2 is 2.14 bits per heavy atom. The Bertz CT molecular complexity index is 387. The molecule has 0 spiro atoms. The second-order valence-corrected chi connectivity index (χ2v) is 3.50. The molecular weight excluding hydrogens is 178 g/mol. The lowest BCUT2D eigenvalue weighted by Crippen LogP contribution is -2.11. The number of hydrogen-bond donors (Lipinski definition) is 1. The van der Waals surface area contributed by atoms with E-state index in [0.29, 0.717) is 19.4 Å². The summed E-state index contributed by atoms with van der Waals surface area (Å²) in [4.78, 5) is 20.1. The summed E-state index contributed by atoms with van der Waals surface area (Å²) in [5.74, 6) is 0.908. The van der Waals surface area contributed by atoms with Gasteiger partial charge in [0.25, 0.3) is 0 Å². The Labute approximate surface area is 82.6 Å². The fourth-order valence-electron chi connectivity index (χ4n) is 1.87. The summed E-state index contributed by atoms with van der Waals surface area (Å²) in [7, 11) is 0. The van der Waals surface area contributed by atoms with Gasteiger partial charge in [0, 0.05) is 12.8 Å². The predicted molar refractivity (Wildman–Crippen MR) is 52.2 cm³/mol. The fourth-order valence-corrected chi connectivity index (χ4v) is 1.87. The van der Waals surface area contributed by atoms with Gasteiger partial charge in [-0.1, -0.05) is 0 Å². The Kier molecular flexibility index (Phi) is 2.29. The summed E-state index contributed by atoms with van der Waals surface area (Å²) in [5.41, 5.74) is 7.95. The molecule has 2 rings (SSSR count). The number of hydrogen-bond acceptors (Lipinski definition) is 4. The first-order chi connectivity index (χ1) is 6.72. The highest BCUT2D eigenvalue weighted by atomic mass is 16.1. The normalized spacial score (nSPS) is 14.6. The molecule has 0 aromatic carbocycles. The first-order valence-corrected chi connectivity index (χ1v) is 4.82. The monoisotopic (exact) mass is 191 g/mol. The second kappa shape index (κ2) is 3.46. The van der Waals surface area contributed by atoms with Gasteiger partial charge in [0.2, 0.25) is 0 Å². The van der Waals surface area contributed by atoms with Crippen molar-refractivity contribution in [1.82, 2.24) is 9.97 Å². The Hall–Kier alpha value is -1.29. The molecule has 74 valence electrons. The molecule has 4 nitrogen and oxygen atoms in total. The van der Waals surface area contributed by atoms with E-state index in [4.69, 9.17) is 5.73 Å². The van der Waals surface area contributed by atoms with Crippen LogP contribution in [0.1, 0.15) is 34.0 Å². The summed E-state index contributed by atoms with van der Waals surface area (Å²) in [6.07, 6.45) is 2.00. The molecule has 4 heteroatoms. The minimum absolute atomic E-state index is 0.170. The van der Waals surface area contributed by atoms with Crippen molar-refractivity contribution in [2.45, 2.75) is 26.2 Å². The molecule has 1 aromatic rings. The zero-order valence-electron chi connectivity index (χ0n) is 8.21. The van der Waals surface area contributed by atoms with Crippen molar-refractivity contribution in [2.75, 3.05) is 6.54 Å². The van der Waals surface area contributed by atoms with Crippen LogP contribution >= 0.6 is 0 Å². The first-order valence-electron chi connectivity index (χ1n) is 4.82. The molecule has 14 heavy (non-hydrogen) atoms. The standard InChI is InChI=1S/C10H13N3O/c1-6-12-7-2-3-9(14)10(7)8(13-6)4-5-11/h2-5,11H2,1H3. The minimum atomic E-state index is 0.170. The summed E-state index contributed by atoms with van der Waals surface area (Å²) in [6, 6.07) is 0. The second-order valence-electron chi connectivity index (χ2n) is 3.50. The van der Waals surface area contributed by atoms with Gasteiger partial charge in [0.15, 0.2) is 5.78 Å². The molecule has 0 bridgehead atoms. The quantitative estimate of drug-likeness (QED) is 0.735. The van der Waals surface area contributed by atoms with Crippen LogP contribution in [0, 0.1) is 6.92 Å². The van der Waals surface area contributed by atoms with Crippen LogP contribution in [0.2, 0.25) is 0 Å². The maximum atomic E-state index is 11.6. The number of rotatable bonds is 2. The average Bonchev–Trinajstić information content (AvgIpc) is 2.48. The lowest BCUT2D eigenvalue weighted by molar-refractivity contribution is 0.0993. The van der Waals surface area contributed by atoms with Crippen LogP contribution in [-0.4, -0.2) is 22.3 Å². The number of nitrogens with two attached hydrogens (primary N) is 1. The van der Waals surface area contributed by atoms with Gasteiger partial charge in [-0.2, -0.15) is 0 Å². The average molecular weight is 191 g/mol. The van der Waals surface area contributed by atoms with E-state index in [1.54, 1.807) is 0 Å². The number of carbonyl (C=O) groups is 1. The molecule has 0 unspecified atom stereocenters. The van der Waals surface area contributed by atoms with E-state index in [1.807, 2.05) is 6.92 Å². The highest BCUT2D eigenvalue weighted by molar-refractivity contribution is 6.00. The molecule has 0 fully saturated rings. The van der Waals surface area contributed by atoms with Crippen LogP contribution in [0.15, 0.2) is 0 Å². The molecular formula is C10H13N3O. The van der Waals surface area contributed by atoms with Gasteiger partial charge in [-0.05, 0) is 19.9 Å². The van der Waals surface area contributed by atoms with Crippen molar-refractivity contribution < 1.29 is 4.79 Å². The number of aryl methyl sites for hydroxylation is 2. The predicted octanol–water partition coefficient (Wildman–Crippen LogP) is 0.415. The molecule has 1 aliphatic carbocycles. The SMILES string of the molecule is Cc1nc(CCN)c2c(n1)CCC2=O. The van der Waals surface area contributed by atoms with Crippen LogP contribution in [0.4, 0.5) is 0 Å². The molecule has 0 radical (unpaired) electrons. The summed E-state index contributed by atoms with van der Waals surface area (Å²) < 4.78 is 0. The van der Waals surface area contributed by atoms with E-state index in [2.05, 4.69) is 9.97 Å². The third kappa shape index (κ3) is 1.42. The minimum Gasteiger partial charge on any atom is -0.330 e. The van der Waals surface area contributed by atoms with Gasteiger partial charge in [0.05, 0.1) is 17.0 Å². The van der Waals surface area contributed by atoms with Crippen LogP contribution in [-0.2, 0) is 12.8 Å². The van der Waals surface area contributed by atoms with E-state index >= 15 is 0 Å². The van der Waals surface area contributed by atoms with Crippen LogP contribution in [0.5, 0.6) is 0 Å². The first kappa shape index (κ1) is 9.27. The van der Waals surface area contributed by atoms with Gasteiger partial charge in [0.1, 0.15) is 5.82 Å². The van der Waals surface area contributed by atoms with Crippen molar-refractivity contribution in [3.05, 3.63) is 22.8 Å². The zero-order valence-corrected chi connectivity index (χ0v) is 8.21. The number of carbonyl (C=O) groups excluding carboxylic acids is 1. The highest BCUT2D eigenvalue weighted by Crippen LogP contribution is 2.22. The molecule has 0 saturated heterocycles. The highest BCUT2D eigenvalue weighted by Gasteiger charge is 2.25. The van der Waals surface area contributed by atoms with Crippen molar-refractivity contribution in [3.8, 4) is 0 Å². The third-order valence-electron chi connectivity index (χ3n) is 2.42. The third-order valence-corrected chi connectivity index (χ3v) is 2.42. The molecule has 2 N–H and O–H groups in total. The molecule has 1 heterocycles. The van der Waals surface area contributed by atoms with Crippen LogP contribution in [0.25, 0.3) is 0 Å². The van der Waals surface area contributed by atoms with Crippen molar-refractivity contribution in [2.24, 2.45) is 5.73 Å². The number of ketones is 1. The fraction of sp³-hybridized carbons (Fsp3) is 0.500. The number of fused-ring (bicyclic) bond motifs is 1. The van der Waals surface area contributed by atoms with E-state index in [9.17, 15) is 4.79 Å². The Balaban J connectivity index is 2.53. The lowest BCUT2D eigenvalue weighted by Gasteiger charge is -2.05. The molecule has 0 saturated carbocycles. The van der Waals surface area contributed by atoms with E-state index in [0.717, 1.165) is 29.2 Å². The maximum Gasteiger partial charge on any atom is 0.166 e. The van der Waals surface area contributed by atoms with Crippen molar-refractivity contribution in [3.63, 3.8) is 0 Å². The van der Waals surface area contributed by atoms with E-state index in [-0.39, 0.29) is 5.78 Å². The molecule has 0 amide bonds. The summed E-state index contributed by atoms with van der Waals surface area (Å²) in [5, 5.41) is 0. The van der Waals surface area contributed by atoms with Gasteiger partial charge in [-0.3, -0.25) is 4.79 Å². The van der Waals surface area contributed by atoms with Gasteiger partial charge < -0.3 is 5.73 Å². The molecule has 0 atom stereocenters. The van der Waals surface area contributed by atoms with Gasteiger partial charge in [-0.15, -0.1) is 0 Å². The summed E-state index contributed by atoms with van der Waals surface area (Å²) >= 11 is 0.